The topological polar surface area (TPSA) is 69.4 Å². The van der Waals surface area contributed by atoms with Crippen molar-refractivity contribution in [3.63, 3.8) is 0 Å². The number of carbonyl (C=O) groups is 1. The van der Waals surface area contributed by atoms with Gasteiger partial charge < -0.3 is 9.64 Å². The maximum Gasteiger partial charge on any atom is 0.334 e. The molecular formula is C29H30N4O3. The second-order valence-corrected chi connectivity index (χ2v) is 9.46. The molecule has 0 spiro atoms. The number of ether oxygens (including phenoxy) is 1. The fourth-order valence-electron chi connectivity index (χ4n) is 4.90. The lowest BCUT2D eigenvalue weighted by Gasteiger charge is -2.32. The predicted molar refractivity (Wildman–Crippen MR) is 141 cm³/mol. The minimum Gasteiger partial charge on any atom is -0.457 e. The second kappa shape index (κ2) is 9.85. The third-order valence-corrected chi connectivity index (χ3v) is 6.78. The van der Waals surface area contributed by atoms with Crippen molar-refractivity contribution in [3.05, 3.63) is 95.7 Å². The molecule has 184 valence electrons. The number of aromatic nitrogens is 3. The summed E-state index contributed by atoms with van der Waals surface area (Å²) < 4.78 is 9.56. The molecular weight excluding hydrogens is 452 g/mol. The average Bonchev–Trinajstić information content (AvgIpc) is 3.20. The number of imidazole rings is 1. The number of rotatable bonds is 6. The van der Waals surface area contributed by atoms with Crippen LogP contribution in [0, 0.1) is 0 Å². The first-order valence-electron chi connectivity index (χ1n) is 12.3. The quantitative estimate of drug-likeness (QED) is 0.343. The molecule has 2 aromatic carbocycles. The summed E-state index contributed by atoms with van der Waals surface area (Å²) in [5.74, 6) is 1.79. The van der Waals surface area contributed by atoms with Gasteiger partial charge >= 0.3 is 5.69 Å². The number of piperidine rings is 1. The van der Waals surface area contributed by atoms with Gasteiger partial charge in [0.05, 0.1) is 29.0 Å². The summed E-state index contributed by atoms with van der Waals surface area (Å²) in [5, 5.41) is 0. The second-order valence-electron chi connectivity index (χ2n) is 9.46. The van der Waals surface area contributed by atoms with Crippen molar-refractivity contribution in [3.8, 4) is 17.2 Å². The molecule has 4 aromatic rings. The monoisotopic (exact) mass is 482 g/mol. The van der Waals surface area contributed by atoms with Crippen molar-refractivity contribution in [1.29, 1.82) is 0 Å². The maximum absolute atomic E-state index is 13.8. The number of fused-ring (bicyclic) bond motifs is 1. The SMILES string of the molecule is C=CC(=O)N1CCC[C@@H](n2c(=O)n(-c3ccc(Oc4cccc(C(C)C)c4)cc3)c3cnccc32)C1. The molecule has 0 N–H and O–H groups in total. The summed E-state index contributed by atoms with van der Waals surface area (Å²) in [7, 11) is 0. The van der Waals surface area contributed by atoms with E-state index in [2.05, 4.69) is 31.5 Å². The third-order valence-electron chi connectivity index (χ3n) is 6.78. The standard InChI is InChI=1S/C29H30N4O3/c1-4-28(34)31-16-6-8-23(19-31)33-26-14-15-30-18-27(26)32(29(33)35)22-10-12-24(13-11-22)36-25-9-5-7-21(17-25)20(2)3/h4-5,7,9-15,17-18,20,23H,1,6,8,16,19H2,2-3H3/t23-/m1/s1. The highest BCUT2D eigenvalue weighted by molar-refractivity contribution is 5.87. The number of likely N-dealkylation sites (tertiary alicyclic amines) is 1. The van der Waals surface area contributed by atoms with E-state index in [4.69, 9.17) is 4.74 Å². The van der Waals surface area contributed by atoms with Crippen molar-refractivity contribution < 1.29 is 9.53 Å². The molecule has 0 radical (unpaired) electrons. The normalized spacial score (nSPS) is 15.9. The summed E-state index contributed by atoms with van der Waals surface area (Å²) in [6.45, 7) is 9.07. The molecule has 5 rings (SSSR count). The Morgan fingerprint density at radius 2 is 1.92 bits per heavy atom. The Hall–Kier alpha value is -4.13. The van der Waals surface area contributed by atoms with Gasteiger partial charge in [0.15, 0.2) is 0 Å². The number of pyridine rings is 1. The molecule has 0 aliphatic carbocycles. The van der Waals surface area contributed by atoms with Crippen LogP contribution in [-0.2, 0) is 4.79 Å². The number of hydrogen-bond donors (Lipinski definition) is 0. The highest BCUT2D eigenvalue weighted by atomic mass is 16.5. The van der Waals surface area contributed by atoms with Crippen LogP contribution in [0.25, 0.3) is 16.7 Å². The highest BCUT2D eigenvalue weighted by Gasteiger charge is 2.27. The van der Waals surface area contributed by atoms with Crippen LogP contribution in [0.1, 0.15) is 44.2 Å². The first-order valence-corrected chi connectivity index (χ1v) is 12.3. The van der Waals surface area contributed by atoms with Crippen molar-refractivity contribution in [2.45, 2.75) is 38.6 Å². The van der Waals surface area contributed by atoms with Crippen LogP contribution in [-0.4, -0.2) is 38.0 Å². The Balaban J connectivity index is 1.48. The third kappa shape index (κ3) is 4.44. The number of amides is 1. The molecule has 1 aliphatic rings. The van der Waals surface area contributed by atoms with Gasteiger partial charge in [-0.1, -0.05) is 32.6 Å². The molecule has 0 bridgehead atoms. The molecule has 7 heteroatoms. The molecule has 1 saturated heterocycles. The molecule has 1 atom stereocenters. The fourth-order valence-corrected chi connectivity index (χ4v) is 4.90. The number of nitrogens with zero attached hydrogens (tertiary/aromatic N) is 4. The summed E-state index contributed by atoms with van der Waals surface area (Å²) in [5.41, 5.74) is 3.34. The highest BCUT2D eigenvalue weighted by Crippen LogP contribution is 2.28. The van der Waals surface area contributed by atoms with Crippen molar-refractivity contribution in [2.24, 2.45) is 0 Å². The molecule has 1 aliphatic heterocycles. The van der Waals surface area contributed by atoms with Gasteiger partial charge in [-0.3, -0.25) is 18.9 Å². The van der Waals surface area contributed by atoms with Crippen molar-refractivity contribution in [1.82, 2.24) is 19.0 Å². The molecule has 1 amide bonds. The van der Waals surface area contributed by atoms with Gasteiger partial charge in [0.25, 0.3) is 0 Å². The summed E-state index contributed by atoms with van der Waals surface area (Å²) in [6.07, 6.45) is 6.40. The molecule has 2 aromatic heterocycles. The molecule has 3 heterocycles. The minimum atomic E-state index is -0.144. The van der Waals surface area contributed by atoms with E-state index in [1.54, 1.807) is 26.4 Å². The number of hydrogen-bond acceptors (Lipinski definition) is 4. The Kier molecular flexibility index (Phi) is 6.46. The van der Waals surface area contributed by atoms with Gasteiger partial charge in [0, 0.05) is 19.3 Å². The molecule has 36 heavy (non-hydrogen) atoms. The smallest absolute Gasteiger partial charge is 0.334 e. The molecule has 1 fully saturated rings. The molecule has 0 saturated carbocycles. The lowest BCUT2D eigenvalue weighted by molar-refractivity contribution is -0.127. The van der Waals surface area contributed by atoms with E-state index >= 15 is 0 Å². The van der Waals surface area contributed by atoms with Crippen LogP contribution < -0.4 is 10.4 Å². The summed E-state index contributed by atoms with van der Waals surface area (Å²) >= 11 is 0. The summed E-state index contributed by atoms with van der Waals surface area (Å²) in [6, 6.07) is 17.3. The van der Waals surface area contributed by atoms with Gasteiger partial charge in [0.2, 0.25) is 5.91 Å². The van der Waals surface area contributed by atoms with Crippen molar-refractivity contribution >= 4 is 16.9 Å². The van der Waals surface area contributed by atoms with Crippen LogP contribution >= 0.6 is 0 Å². The van der Waals surface area contributed by atoms with E-state index in [-0.39, 0.29) is 17.6 Å². The lowest BCUT2D eigenvalue weighted by Crippen LogP contribution is -2.42. The lowest BCUT2D eigenvalue weighted by atomic mass is 10.0. The summed E-state index contributed by atoms with van der Waals surface area (Å²) in [4.78, 5) is 32.0. The number of carbonyl (C=O) groups excluding carboxylic acids is 1. The van der Waals surface area contributed by atoms with Crippen LogP contribution in [0.2, 0.25) is 0 Å². The zero-order valence-electron chi connectivity index (χ0n) is 20.6. The maximum atomic E-state index is 13.8. The van der Waals surface area contributed by atoms with E-state index in [1.807, 2.05) is 48.5 Å². The van der Waals surface area contributed by atoms with Crippen molar-refractivity contribution in [2.75, 3.05) is 13.1 Å². The van der Waals surface area contributed by atoms with Gasteiger partial charge in [-0.2, -0.15) is 0 Å². The molecule has 7 nitrogen and oxygen atoms in total. The van der Waals surface area contributed by atoms with Crippen LogP contribution in [0.5, 0.6) is 11.5 Å². The Labute approximate surface area is 210 Å². The van der Waals surface area contributed by atoms with Crippen LogP contribution in [0.4, 0.5) is 0 Å². The van der Waals surface area contributed by atoms with E-state index in [1.165, 1.54) is 11.6 Å². The predicted octanol–water partition coefficient (Wildman–Crippen LogP) is 5.45. The Morgan fingerprint density at radius 1 is 1.11 bits per heavy atom. The van der Waals surface area contributed by atoms with Crippen LogP contribution in [0.3, 0.4) is 0 Å². The van der Waals surface area contributed by atoms with Gasteiger partial charge in [-0.15, -0.1) is 0 Å². The van der Waals surface area contributed by atoms with E-state index in [0.717, 1.165) is 35.3 Å². The first-order chi connectivity index (χ1) is 17.5. The first kappa shape index (κ1) is 23.6. The largest absolute Gasteiger partial charge is 0.457 e. The van der Waals surface area contributed by atoms with Gasteiger partial charge in [0.1, 0.15) is 11.5 Å². The zero-order chi connectivity index (χ0) is 25.2. The minimum absolute atomic E-state index is 0.104. The molecule has 0 unspecified atom stereocenters. The Morgan fingerprint density at radius 3 is 2.67 bits per heavy atom. The van der Waals surface area contributed by atoms with Gasteiger partial charge in [-0.25, -0.2) is 4.79 Å². The van der Waals surface area contributed by atoms with Crippen LogP contribution in [0.15, 0.2) is 84.4 Å². The van der Waals surface area contributed by atoms with Gasteiger partial charge in [-0.05, 0) is 72.9 Å². The fraction of sp³-hybridized carbons (Fsp3) is 0.276. The number of benzene rings is 2. The zero-order valence-corrected chi connectivity index (χ0v) is 20.6. The average molecular weight is 483 g/mol. The van der Waals surface area contributed by atoms with E-state index in [0.29, 0.717) is 24.8 Å². The van der Waals surface area contributed by atoms with E-state index in [9.17, 15) is 9.59 Å². The Bertz CT molecular complexity index is 1470. The van der Waals surface area contributed by atoms with E-state index < -0.39 is 0 Å².